The highest BCUT2D eigenvalue weighted by Crippen LogP contribution is 2.21. The largest absolute Gasteiger partial charge is 0.497 e. The van der Waals surface area contributed by atoms with Crippen molar-refractivity contribution in [2.24, 2.45) is 4.99 Å². The fourth-order valence-corrected chi connectivity index (χ4v) is 3.96. The fraction of sp³-hybridized carbons (Fsp3) is 0.611. The number of ether oxygens (including phenoxy) is 1. The van der Waals surface area contributed by atoms with Gasteiger partial charge in [-0.2, -0.15) is 11.8 Å². The first kappa shape index (κ1) is 21.4. The molecule has 1 fully saturated rings. The zero-order valence-electron chi connectivity index (χ0n) is 15.0. The molecule has 1 aliphatic heterocycles. The minimum atomic E-state index is 0. The molecule has 0 bridgehead atoms. The molecule has 1 aromatic rings. The number of hydrogen-bond donors (Lipinski definition) is 1. The zero-order chi connectivity index (χ0) is 16.5. The van der Waals surface area contributed by atoms with Crippen LogP contribution in [0.4, 0.5) is 0 Å². The highest BCUT2D eigenvalue weighted by atomic mass is 127. The van der Waals surface area contributed by atoms with Crippen LogP contribution >= 0.6 is 35.7 Å². The van der Waals surface area contributed by atoms with Gasteiger partial charge in [0.2, 0.25) is 0 Å². The standard InChI is InChI=1S/C18H29N3OS.HI/c1-4-17-14-21(12-13-23-17)18(19-2)20-11-5-6-15-7-9-16(22-3)10-8-15;/h7-10,17H,4-6,11-14H2,1-3H3,(H,19,20);1H. The van der Waals surface area contributed by atoms with Gasteiger partial charge in [-0.05, 0) is 37.0 Å². The molecule has 0 aromatic heterocycles. The van der Waals surface area contributed by atoms with Crippen LogP contribution in [-0.4, -0.2) is 55.7 Å². The van der Waals surface area contributed by atoms with Gasteiger partial charge in [-0.15, -0.1) is 24.0 Å². The highest BCUT2D eigenvalue weighted by molar-refractivity contribution is 14.0. The molecule has 1 saturated heterocycles. The van der Waals surface area contributed by atoms with E-state index in [0.717, 1.165) is 49.4 Å². The topological polar surface area (TPSA) is 36.9 Å². The predicted octanol–water partition coefficient (Wildman–Crippen LogP) is 3.65. The van der Waals surface area contributed by atoms with Gasteiger partial charge in [-0.25, -0.2) is 0 Å². The molecule has 0 radical (unpaired) electrons. The Bertz CT molecular complexity index is 496. The van der Waals surface area contributed by atoms with Crippen molar-refractivity contribution in [1.29, 1.82) is 0 Å². The predicted molar refractivity (Wildman–Crippen MR) is 116 cm³/mol. The third kappa shape index (κ3) is 6.70. The molecule has 0 saturated carbocycles. The first-order valence-electron chi connectivity index (χ1n) is 8.47. The molecule has 24 heavy (non-hydrogen) atoms. The number of benzene rings is 1. The number of nitrogens with one attached hydrogen (secondary N) is 1. The summed E-state index contributed by atoms with van der Waals surface area (Å²) in [5.41, 5.74) is 1.35. The number of aliphatic imine (C=N–C) groups is 1. The molecule has 1 aliphatic rings. The Labute approximate surface area is 167 Å². The van der Waals surface area contributed by atoms with Crippen LogP contribution in [0.5, 0.6) is 5.75 Å². The molecule has 0 aliphatic carbocycles. The van der Waals surface area contributed by atoms with Crippen molar-refractivity contribution >= 4 is 41.7 Å². The molecular weight excluding hydrogens is 433 g/mol. The Kier molecular flexibility index (Phi) is 10.6. The number of rotatable bonds is 6. The van der Waals surface area contributed by atoms with E-state index in [9.17, 15) is 0 Å². The van der Waals surface area contributed by atoms with Gasteiger partial charge in [0.05, 0.1) is 7.11 Å². The van der Waals surface area contributed by atoms with Crippen LogP contribution in [0.2, 0.25) is 0 Å². The maximum Gasteiger partial charge on any atom is 0.193 e. The van der Waals surface area contributed by atoms with Crippen molar-refractivity contribution in [1.82, 2.24) is 10.2 Å². The van der Waals surface area contributed by atoms with Crippen molar-refractivity contribution < 1.29 is 4.74 Å². The molecule has 6 heteroatoms. The number of methoxy groups -OCH3 is 1. The van der Waals surface area contributed by atoms with Gasteiger partial charge in [-0.3, -0.25) is 4.99 Å². The molecule has 1 aromatic carbocycles. The van der Waals surface area contributed by atoms with E-state index in [1.165, 1.54) is 17.7 Å². The molecule has 2 rings (SSSR count). The second-order valence-corrected chi connectivity index (χ2v) is 7.18. The minimum absolute atomic E-state index is 0. The Hall–Kier alpha value is -0.630. The number of aryl methyl sites for hydroxylation is 1. The lowest BCUT2D eigenvalue weighted by Crippen LogP contribution is -2.48. The van der Waals surface area contributed by atoms with Crippen molar-refractivity contribution in [3.05, 3.63) is 29.8 Å². The van der Waals surface area contributed by atoms with Gasteiger partial charge in [0.1, 0.15) is 5.75 Å². The summed E-state index contributed by atoms with van der Waals surface area (Å²) >= 11 is 2.09. The molecule has 0 amide bonds. The van der Waals surface area contributed by atoms with Gasteiger partial charge in [-0.1, -0.05) is 19.1 Å². The Morgan fingerprint density at radius 3 is 2.75 bits per heavy atom. The summed E-state index contributed by atoms with van der Waals surface area (Å²) in [6, 6.07) is 8.33. The van der Waals surface area contributed by atoms with Crippen LogP contribution in [-0.2, 0) is 6.42 Å². The molecule has 1 N–H and O–H groups in total. The first-order valence-corrected chi connectivity index (χ1v) is 9.51. The summed E-state index contributed by atoms with van der Waals surface area (Å²) in [5.74, 6) is 3.17. The van der Waals surface area contributed by atoms with Gasteiger partial charge >= 0.3 is 0 Å². The van der Waals surface area contributed by atoms with E-state index >= 15 is 0 Å². The summed E-state index contributed by atoms with van der Waals surface area (Å²) in [5, 5.41) is 4.26. The lowest BCUT2D eigenvalue weighted by Gasteiger charge is -2.34. The van der Waals surface area contributed by atoms with E-state index in [1.807, 2.05) is 19.2 Å². The summed E-state index contributed by atoms with van der Waals surface area (Å²) < 4.78 is 5.19. The summed E-state index contributed by atoms with van der Waals surface area (Å²) in [4.78, 5) is 6.85. The van der Waals surface area contributed by atoms with Crippen molar-refractivity contribution in [2.45, 2.75) is 31.4 Å². The smallest absolute Gasteiger partial charge is 0.193 e. The lowest BCUT2D eigenvalue weighted by atomic mass is 10.1. The van der Waals surface area contributed by atoms with E-state index in [-0.39, 0.29) is 24.0 Å². The quantitative estimate of drug-likeness (QED) is 0.303. The number of guanidine groups is 1. The lowest BCUT2D eigenvalue weighted by molar-refractivity contribution is 0.408. The van der Waals surface area contributed by atoms with Crippen LogP contribution in [0.25, 0.3) is 0 Å². The molecule has 1 atom stereocenters. The average molecular weight is 463 g/mol. The normalized spacial score (nSPS) is 18.0. The monoisotopic (exact) mass is 463 g/mol. The average Bonchev–Trinajstić information content (AvgIpc) is 2.62. The van der Waals surface area contributed by atoms with Crippen LogP contribution in [0.3, 0.4) is 0 Å². The summed E-state index contributed by atoms with van der Waals surface area (Å²) in [6.45, 7) is 5.43. The molecule has 4 nitrogen and oxygen atoms in total. The van der Waals surface area contributed by atoms with Crippen molar-refractivity contribution in [3.8, 4) is 5.75 Å². The van der Waals surface area contributed by atoms with Crippen LogP contribution < -0.4 is 10.1 Å². The number of halogens is 1. The second-order valence-electron chi connectivity index (χ2n) is 5.77. The van der Waals surface area contributed by atoms with Gasteiger partial charge in [0.25, 0.3) is 0 Å². The van der Waals surface area contributed by atoms with Crippen molar-refractivity contribution in [3.63, 3.8) is 0 Å². The van der Waals surface area contributed by atoms with Gasteiger partial charge < -0.3 is 15.0 Å². The van der Waals surface area contributed by atoms with Crippen LogP contribution in [0, 0.1) is 0 Å². The van der Waals surface area contributed by atoms with E-state index < -0.39 is 0 Å². The molecule has 1 heterocycles. The van der Waals surface area contributed by atoms with E-state index in [2.05, 4.69) is 46.0 Å². The van der Waals surface area contributed by atoms with Crippen LogP contribution in [0.1, 0.15) is 25.3 Å². The first-order chi connectivity index (χ1) is 11.3. The van der Waals surface area contributed by atoms with E-state index in [1.54, 1.807) is 7.11 Å². The maximum atomic E-state index is 5.19. The second kappa shape index (κ2) is 11.8. The highest BCUT2D eigenvalue weighted by Gasteiger charge is 2.21. The van der Waals surface area contributed by atoms with Crippen molar-refractivity contribution in [2.75, 3.05) is 39.5 Å². The Morgan fingerprint density at radius 2 is 2.12 bits per heavy atom. The molecule has 1 unspecified atom stereocenters. The SMILES string of the molecule is CCC1CN(C(=NC)NCCCc2ccc(OC)cc2)CCS1.I. The van der Waals surface area contributed by atoms with Crippen LogP contribution in [0.15, 0.2) is 29.3 Å². The summed E-state index contributed by atoms with van der Waals surface area (Å²) in [6.07, 6.45) is 3.40. The molecule has 136 valence electrons. The number of hydrogen-bond acceptors (Lipinski definition) is 3. The maximum absolute atomic E-state index is 5.19. The Balaban J connectivity index is 0.00000288. The van der Waals surface area contributed by atoms with Gasteiger partial charge in [0.15, 0.2) is 5.96 Å². The van der Waals surface area contributed by atoms with E-state index in [4.69, 9.17) is 4.74 Å². The minimum Gasteiger partial charge on any atom is -0.497 e. The Morgan fingerprint density at radius 1 is 1.38 bits per heavy atom. The third-order valence-corrected chi connectivity index (χ3v) is 5.56. The number of thioether (sulfide) groups is 1. The summed E-state index contributed by atoms with van der Waals surface area (Å²) in [7, 11) is 3.58. The third-order valence-electron chi connectivity index (χ3n) is 4.19. The fourth-order valence-electron chi connectivity index (χ4n) is 2.78. The van der Waals surface area contributed by atoms with Gasteiger partial charge in [0, 0.05) is 37.7 Å². The zero-order valence-corrected chi connectivity index (χ0v) is 18.1. The number of nitrogens with zero attached hydrogens (tertiary/aromatic N) is 2. The molecular formula is C18H30IN3OS. The van der Waals surface area contributed by atoms with E-state index in [0.29, 0.717) is 0 Å². The molecule has 0 spiro atoms.